The predicted octanol–water partition coefficient (Wildman–Crippen LogP) is 4.16. The first kappa shape index (κ1) is 22.2. The molecule has 1 aliphatic carbocycles. The number of fused-ring (bicyclic) bond motifs is 3. The molecule has 1 amide bonds. The highest BCUT2D eigenvalue weighted by atomic mass is 19.4. The molecule has 0 radical (unpaired) electrons. The van der Waals surface area contributed by atoms with Crippen LogP contribution in [0.15, 0.2) is 49.1 Å². The van der Waals surface area contributed by atoms with Gasteiger partial charge in [0.25, 0.3) is 5.91 Å². The topological polar surface area (TPSA) is 81.1 Å². The van der Waals surface area contributed by atoms with Crippen molar-refractivity contribution in [3.05, 3.63) is 66.1 Å². The average Bonchev–Trinajstić information content (AvgIpc) is 2.84. The normalized spacial score (nSPS) is 22.0. The first-order valence-corrected chi connectivity index (χ1v) is 10.7. The first-order chi connectivity index (χ1) is 16.3. The molecular weight excluding hydrogens is 454 g/mol. The lowest BCUT2D eigenvalue weighted by Crippen LogP contribution is -2.59. The monoisotopic (exact) mass is 473 g/mol. The summed E-state index contributed by atoms with van der Waals surface area (Å²) >= 11 is 0. The van der Waals surface area contributed by atoms with E-state index in [9.17, 15) is 22.4 Å². The van der Waals surface area contributed by atoms with Gasteiger partial charge >= 0.3 is 6.18 Å². The van der Waals surface area contributed by atoms with Crippen LogP contribution in [0, 0.1) is 11.7 Å². The van der Waals surface area contributed by atoms with Gasteiger partial charge in [-0.2, -0.15) is 13.2 Å². The van der Waals surface area contributed by atoms with Gasteiger partial charge in [0.05, 0.1) is 29.6 Å². The van der Waals surface area contributed by atoms with E-state index in [2.05, 4.69) is 19.9 Å². The molecule has 34 heavy (non-hydrogen) atoms. The van der Waals surface area contributed by atoms with Crippen molar-refractivity contribution in [1.82, 2.24) is 24.8 Å². The number of halogens is 4. The number of piperidine rings is 2. The second-order valence-corrected chi connectivity index (χ2v) is 8.33. The van der Waals surface area contributed by atoms with Crippen LogP contribution < -0.4 is 4.74 Å². The van der Waals surface area contributed by atoms with Gasteiger partial charge in [-0.3, -0.25) is 4.79 Å². The van der Waals surface area contributed by atoms with Crippen molar-refractivity contribution in [1.29, 1.82) is 0 Å². The summed E-state index contributed by atoms with van der Waals surface area (Å²) in [5, 5.41) is 0. The van der Waals surface area contributed by atoms with E-state index in [1.165, 1.54) is 30.6 Å². The van der Waals surface area contributed by atoms with Crippen molar-refractivity contribution in [3.8, 4) is 17.3 Å². The summed E-state index contributed by atoms with van der Waals surface area (Å²) in [7, 11) is 0. The lowest BCUT2D eigenvalue weighted by Gasteiger charge is -2.49. The van der Waals surface area contributed by atoms with Gasteiger partial charge in [-0.25, -0.2) is 24.3 Å². The Balaban J connectivity index is 1.40. The van der Waals surface area contributed by atoms with Crippen molar-refractivity contribution in [2.45, 2.75) is 37.6 Å². The van der Waals surface area contributed by atoms with Crippen LogP contribution in [0.3, 0.4) is 0 Å². The molecule has 0 spiro atoms. The molecule has 0 N–H and O–H groups in total. The Morgan fingerprint density at radius 1 is 1.03 bits per heavy atom. The molecule has 3 atom stereocenters. The van der Waals surface area contributed by atoms with Crippen molar-refractivity contribution in [2.24, 2.45) is 5.92 Å². The van der Waals surface area contributed by atoms with Crippen LogP contribution in [0.4, 0.5) is 17.6 Å². The van der Waals surface area contributed by atoms with E-state index < -0.39 is 23.8 Å². The van der Waals surface area contributed by atoms with E-state index in [1.54, 1.807) is 11.0 Å². The summed E-state index contributed by atoms with van der Waals surface area (Å²) in [4.78, 5) is 30.6. The van der Waals surface area contributed by atoms with Gasteiger partial charge in [-0.1, -0.05) is 6.07 Å². The SMILES string of the molecule is O=C(c1cccc(F)c1-c1ncccn1)N1C[C@@H]2CC[C@H]1[C@H](Oc1cnc(C(F)(F)F)cn1)C2. The number of carbonyl (C=O) groups excluding carboxylic acids is 1. The highest BCUT2D eigenvalue weighted by Crippen LogP contribution is 2.39. The van der Waals surface area contributed by atoms with Crippen LogP contribution in [0.5, 0.6) is 5.88 Å². The number of alkyl halides is 3. The zero-order chi connectivity index (χ0) is 23.9. The highest BCUT2D eigenvalue weighted by Gasteiger charge is 2.45. The van der Waals surface area contributed by atoms with E-state index in [0.29, 0.717) is 25.6 Å². The minimum atomic E-state index is -4.59. The van der Waals surface area contributed by atoms with Crippen molar-refractivity contribution in [2.75, 3.05) is 6.54 Å². The van der Waals surface area contributed by atoms with Crippen molar-refractivity contribution >= 4 is 5.91 Å². The van der Waals surface area contributed by atoms with Crippen LogP contribution >= 0.6 is 0 Å². The number of carbonyl (C=O) groups is 1. The molecule has 6 rings (SSSR count). The molecule has 2 saturated heterocycles. The van der Waals surface area contributed by atoms with Crippen molar-refractivity contribution < 1.29 is 27.1 Å². The van der Waals surface area contributed by atoms with Crippen LogP contribution in [-0.4, -0.2) is 49.4 Å². The Morgan fingerprint density at radius 2 is 1.82 bits per heavy atom. The summed E-state index contributed by atoms with van der Waals surface area (Å²) in [5.41, 5.74) is -0.934. The van der Waals surface area contributed by atoms with Gasteiger partial charge in [0.15, 0.2) is 11.5 Å². The summed E-state index contributed by atoms with van der Waals surface area (Å²) in [5.74, 6) is -0.761. The van der Waals surface area contributed by atoms with Gasteiger partial charge in [0.1, 0.15) is 11.9 Å². The molecule has 1 saturated carbocycles. The third-order valence-electron chi connectivity index (χ3n) is 6.21. The van der Waals surface area contributed by atoms with E-state index >= 15 is 0 Å². The zero-order valence-electron chi connectivity index (χ0n) is 17.7. The summed E-state index contributed by atoms with van der Waals surface area (Å²) in [6.45, 7) is 0.480. The van der Waals surface area contributed by atoms with Gasteiger partial charge < -0.3 is 9.64 Å². The Labute approximate surface area is 191 Å². The van der Waals surface area contributed by atoms with E-state index in [0.717, 1.165) is 12.6 Å². The quantitative estimate of drug-likeness (QED) is 0.530. The number of hydrogen-bond acceptors (Lipinski definition) is 6. The summed E-state index contributed by atoms with van der Waals surface area (Å²) < 4.78 is 58.9. The van der Waals surface area contributed by atoms with Gasteiger partial charge in [0.2, 0.25) is 5.88 Å². The molecular formula is C23H19F4N5O2. The fourth-order valence-electron chi connectivity index (χ4n) is 4.68. The van der Waals surface area contributed by atoms with E-state index in [1.807, 2.05) is 0 Å². The minimum Gasteiger partial charge on any atom is -0.471 e. The number of ether oxygens (including phenoxy) is 1. The average molecular weight is 473 g/mol. The third kappa shape index (κ3) is 4.17. The number of nitrogens with zero attached hydrogens (tertiary/aromatic N) is 5. The molecule has 11 heteroatoms. The number of benzene rings is 1. The third-order valence-corrected chi connectivity index (χ3v) is 6.21. The standard InChI is InChI=1S/C23H19F4N5O2/c24-15-4-1-3-14(20(15)21-28-7-2-8-29-21)22(33)32-12-13-5-6-16(32)17(9-13)34-19-11-30-18(10-31-19)23(25,26)27/h1-4,7-8,10-11,13,16-17H,5-6,9,12H2/t13-,16+,17-/m1/s1. The Bertz CT molecular complexity index is 1190. The molecule has 3 aliphatic rings. The molecule has 0 unspecified atom stereocenters. The molecule has 3 aromatic rings. The lowest BCUT2D eigenvalue weighted by atomic mass is 9.77. The molecule has 1 aromatic carbocycles. The van der Waals surface area contributed by atoms with Crippen LogP contribution in [0.2, 0.25) is 0 Å². The Morgan fingerprint density at radius 3 is 2.50 bits per heavy atom. The summed E-state index contributed by atoms with van der Waals surface area (Å²) in [6, 6.07) is 5.51. The smallest absolute Gasteiger partial charge is 0.434 e. The fraction of sp³-hybridized carbons (Fsp3) is 0.348. The molecule has 176 valence electrons. The first-order valence-electron chi connectivity index (χ1n) is 10.7. The van der Waals surface area contributed by atoms with Gasteiger partial charge in [-0.15, -0.1) is 0 Å². The fourth-order valence-corrected chi connectivity index (χ4v) is 4.68. The molecule has 3 fully saturated rings. The van der Waals surface area contributed by atoms with E-state index in [-0.39, 0.29) is 40.7 Å². The number of hydrogen-bond donors (Lipinski definition) is 0. The highest BCUT2D eigenvalue weighted by molar-refractivity contribution is 6.00. The maximum atomic E-state index is 14.8. The molecule has 2 bridgehead atoms. The molecule has 7 nitrogen and oxygen atoms in total. The van der Waals surface area contributed by atoms with Crippen LogP contribution in [0.25, 0.3) is 11.4 Å². The number of rotatable bonds is 4. The molecule has 4 heterocycles. The Hall–Kier alpha value is -3.63. The van der Waals surface area contributed by atoms with E-state index in [4.69, 9.17) is 4.74 Å². The zero-order valence-corrected chi connectivity index (χ0v) is 17.7. The maximum absolute atomic E-state index is 14.8. The molecule has 2 aliphatic heterocycles. The van der Waals surface area contributed by atoms with Crippen molar-refractivity contribution in [3.63, 3.8) is 0 Å². The number of amides is 1. The minimum absolute atomic E-state index is 0.0284. The van der Waals surface area contributed by atoms with Crippen LogP contribution in [0.1, 0.15) is 35.3 Å². The van der Waals surface area contributed by atoms with Crippen LogP contribution in [-0.2, 0) is 6.18 Å². The van der Waals surface area contributed by atoms with Gasteiger partial charge in [-0.05, 0) is 43.4 Å². The largest absolute Gasteiger partial charge is 0.471 e. The second-order valence-electron chi connectivity index (χ2n) is 8.33. The van der Waals surface area contributed by atoms with Gasteiger partial charge in [0, 0.05) is 18.9 Å². The lowest BCUT2D eigenvalue weighted by molar-refractivity contribution is -0.141. The Kier molecular flexibility index (Phi) is 5.62. The summed E-state index contributed by atoms with van der Waals surface area (Å²) in [6.07, 6.45) is 1.63. The predicted molar refractivity (Wildman–Crippen MR) is 111 cm³/mol. The maximum Gasteiger partial charge on any atom is 0.434 e. The second kappa shape index (κ2) is 8.62. The number of aromatic nitrogens is 4. The molecule has 2 aromatic heterocycles.